The van der Waals surface area contributed by atoms with Crippen LogP contribution >= 0.6 is 0 Å². The Balaban J connectivity index is 0. The minimum Gasteiger partial charge on any atom is -0.377 e. The van der Waals surface area contributed by atoms with E-state index in [9.17, 15) is 0 Å². The standard InChI is InChI=1S/C20H38.C6H17NO3Si/c1-4-6-7-8-9-10-11-12-13-14-15-16-17-19-20(3)18-5-2;1-8-11(9-2,10-3)6-4-5-7/h20H,4,6-17,19H2,1-3H3;4-7H2,1-3H3. The molecule has 4 nitrogen and oxygen atoms in total. The lowest BCUT2D eigenvalue weighted by Gasteiger charge is -2.23. The van der Waals surface area contributed by atoms with E-state index in [4.69, 9.17) is 19.0 Å². The molecule has 5 heteroatoms. The summed E-state index contributed by atoms with van der Waals surface area (Å²) >= 11 is 0. The van der Waals surface area contributed by atoms with Gasteiger partial charge in [-0.25, -0.2) is 0 Å². The van der Waals surface area contributed by atoms with Crippen molar-refractivity contribution in [3.63, 3.8) is 0 Å². The Hall–Kier alpha value is -0.383. The van der Waals surface area contributed by atoms with E-state index in [1.165, 1.54) is 89.9 Å². The summed E-state index contributed by atoms with van der Waals surface area (Å²) in [6.07, 6.45) is 20.9. The van der Waals surface area contributed by atoms with E-state index in [1.54, 1.807) is 21.3 Å². The summed E-state index contributed by atoms with van der Waals surface area (Å²) in [4.78, 5) is 0. The lowest BCUT2D eigenvalue weighted by molar-refractivity contribution is 0.123. The Labute approximate surface area is 196 Å². The van der Waals surface area contributed by atoms with Crippen LogP contribution in [0.2, 0.25) is 6.04 Å². The number of rotatable bonds is 20. The third-order valence-electron chi connectivity index (χ3n) is 5.75. The molecule has 0 fully saturated rings. The van der Waals surface area contributed by atoms with Gasteiger partial charge in [0.25, 0.3) is 0 Å². The van der Waals surface area contributed by atoms with Gasteiger partial charge in [-0.3, -0.25) is 0 Å². The molecule has 0 radical (unpaired) electrons. The summed E-state index contributed by atoms with van der Waals surface area (Å²) in [6.45, 7) is 7.13. The van der Waals surface area contributed by atoms with Crippen LogP contribution in [0.3, 0.4) is 0 Å². The molecule has 0 bridgehead atoms. The molecule has 0 rings (SSSR count). The minimum absolute atomic E-state index is 0.604. The molecule has 0 aromatic carbocycles. The Kier molecular flexibility index (Phi) is 27.4. The highest BCUT2D eigenvalue weighted by atomic mass is 28.4. The second-order valence-electron chi connectivity index (χ2n) is 8.51. The zero-order chi connectivity index (χ0) is 23.6. The van der Waals surface area contributed by atoms with Crippen molar-refractivity contribution in [1.29, 1.82) is 0 Å². The van der Waals surface area contributed by atoms with Crippen LogP contribution in [0.1, 0.15) is 117 Å². The van der Waals surface area contributed by atoms with Gasteiger partial charge >= 0.3 is 8.80 Å². The number of unbranched alkanes of at least 4 members (excludes halogenated alkanes) is 12. The van der Waals surface area contributed by atoms with Crippen LogP contribution in [0.4, 0.5) is 0 Å². The van der Waals surface area contributed by atoms with Crippen molar-refractivity contribution in [3.8, 4) is 11.8 Å². The maximum absolute atomic E-state index is 5.36. The molecule has 0 aliphatic carbocycles. The van der Waals surface area contributed by atoms with Crippen molar-refractivity contribution in [2.24, 2.45) is 11.7 Å². The molecule has 0 aromatic rings. The van der Waals surface area contributed by atoms with Crippen molar-refractivity contribution >= 4 is 8.80 Å². The van der Waals surface area contributed by atoms with Crippen LogP contribution in [-0.4, -0.2) is 36.7 Å². The van der Waals surface area contributed by atoms with Gasteiger partial charge in [0.2, 0.25) is 0 Å². The molecule has 31 heavy (non-hydrogen) atoms. The highest BCUT2D eigenvalue weighted by Crippen LogP contribution is 2.15. The Morgan fingerprint density at radius 1 is 0.710 bits per heavy atom. The highest BCUT2D eigenvalue weighted by molar-refractivity contribution is 6.60. The van der Waals surface area contributed by atoms with Crippen molar-refractivity contribution in [1.82, 2.24) is 0 Å². The van der Waals surface area contributed by atoms with Crippen LogP contribution < -0.4 is 5.73 Å². The second-order valence-corrected chi connectivity index (χ2v) is 11.6. The summed E-state index contributed by atoms with van der Waals surface area (Å²) in [7, 11) is 2.50. The number of nitrogens with two attached hydrogens (primary N) is 1. The molecule has 1 unspecified atom stereocenters. The first-order valence-electron chi connectivity index (χ1n) is 12.8. The molecule has 2 N–H and O–H groups in total. The third kappa shape index (κ3) is 22.6. The molecular formula is C26H55NO3Si. The van der Waals surface area contributed by atoms with Gasteiger partial charge in [-0.2, -0.15) is 0 Å². The third-order valence-corrected chi connectivity index (χ3v) is 8.58. The largest absolute Gasteiger partial charge is 0.500 e. The van der Waals surface area contributed by atoms with Crippen molar-refractivity contribution in [2.45, 2.75) is 123 Å². The maximum atomic E-state index is 5.36. The molecule has 0 spiro atoms. The average Bonchev–Trinajstić information content (AvgIpc) is 2.79. The van der Waals surface area contributed by atoms with Gasteiger partial charge < -0.3 is 19.0 Å². The van der Waals surface area contributed by atoms with Gasteiger partial charge in [0.05, 0.1) is 0 Å². The summed E-state index contributed by atoms with van der Waals surface area (Å²) < 4.78 is 15.5. The fraction of sp³-hybridized carbons (Fsp3) is 0.923. The predicted octanol–water partition coefficient (Wildman–Crippen LogP) is 7.34. The minimum atomic E-state index is -2.32. The molecule has 0 aliphatic heterocycles. The smallest absolute Gasteiger partial charge is 0.377 e. The molecule has 186 valence electrons. The molecule has 0 aromatic heterocycles. The lowest BCUT2D eigenvalue weighted by atomic mass is 10.0. The molecule has 1 atom stereocenters. The van der Waals surface area contributed by atoms with Crippen LogP contribution in [0.25, 0.3) is 0 Å². The van der Waals surface area contributed by atoms with Gasteiger partial charge in [-0.05, 0) is 26.3 Å². The van der Waals surface area contributed by atoms with Crippen molar-refractivity contribution < 1.29 is 13.3 Å². The number of hydrogen-bond acceptors (Lipinski definition) is 4. The molecule has 0 saturated heterocycles. The van der Waals surface area contributed by atoms with Crippen molar-refractivity contribution in [3.05, 3.63) is 0 Å². The first-order valence-corrected chi connectivity index (χ1v) is 14.8. The maximum Gasteiger partial charge on any atom is 0.500 e. The van der Waals surface area contributed by atoms with Gasteiger partial charge in [0.15, 0.2) is 0 Å². The van der Waals surface area contributed by atoms with E-state index in [0.717, 1.165) is 12.5 Å². The van der Waals surface area contributed by atoms with E-state index in [-0.39, 0.29) is 0 Å². The summed E-state index contributed by atoms with van der Waals surface area (Å²) in [5, 5.41) is 0. The molecule has 0 heterocycles. The van der Waals surface area contributed by atoms with Gasteiger partial charge in [0, 0.05) is 33.3 Å². The summed E-state index contributed by atoms with van der Waals surface area (Å²) in [5.74, 6) is 6.86. The Bertz CT molecular complexity index is 397. The van der Waals surface area contributed by atoms with Crippen LogP contribution in [-0.2, 0) is 13.3 Å². The topological polar surface area (TPSA) is 53.7 Å². The predicted molar refractivity (Wildman–Crippen MR) is 138 cm³/mol. The normalized spacial score (nSPS) is 12.0. The SMILES string of the molecule is CC#CC(C)CCCCCCCCCCCCCCC.CO[Si](CCCN)(OC)OC. The second kappa shape index (κ2) is 25.9. The molecular weight excluding hydrogens is 402 g/mol. The fourth-order valence-electron chi connectivity index (χ4n) is 3.66. The van der Waals surface area contributed by atoms with Gasteiger partial charge in [-0.15, -0.1) is 11.8 Å². The van der Waals surface area contributed by atoms with Crippen LogP contribution in [0.15, 0.2) is 0 Å². The highest BCUT2D eigenvalue weighted by Gasteiger charge is 2.36. The lowest BCUT2D eigenvalue weighted by Crippen LogP contribution is -2.42. The Morgan fingerprint density at radius 3 is 1.48 bits per heavy atom. The van der Waals surface area contributed by atoms with E-state index in [2.05, 4.69) is 25.7 Å². The van der Waals surface area contributed by atoms with E-state index >= 15 is 0 Å². The zero-order valence-electron chi connectivity index (χ0n) is 21.9. The quantitative estimate of drug-likeness (QED) is 0.118. The zero-order valence-corrected chi connectivity index (χ0v) is 22.9. The van der Waals surface area contributed by atoms with Crippen LogP contribution in [0, 0.1) is 17.8 Å². The van der Waals surface area contributed by atoms with E-state index in [0.29, 0.717) is 12.5 Å². The number of hydrogen-bond donors (Lipinski definition) is 1. The van der Waals surface area contributed by atoms with Gasteiger partial charge in [-0.1, -0.05) is 97.3 Å². The summed E-state index contributed by atoms with van der Waals surface area (Å²) in [5.41, 5.74) is 5.36. The average molecular weight is 458 g/mol. The van der Waals surface area contributed by atoms with E-state index < -0.39 is 8.80 Å². The van der Waals surface area contributed by atoms with Gasteiger partial charge in [0.1, 0.15) is 0 Å². The molecule has 0 saturated carbocycles. The summed E-state index contributed by atoms with van der Waals surface area (Å²) in [6, 6.07) is 0.785. The first kappa shape index (κ1) is 32.8. The fourth-order valence-corrected chi connectivity index (χ4v) is 5.41. The molecule has 0 amide bonds. The van der Waals surface area contributed by atoms with E-state index in [1.807, 2.05) is 6.92 Å². The first-order chi connectivity index (χ1) is 15.1. The van der Waals surface area contributed by atoms with Crippen molar-refractivity contribution in [2.75, 3.05) is 27.9 Å². The monoisotopic (exact) mass is 457 g/mol. The Morgan fingerprint density at radius 2 is 1.13 bits per heavy atom. The molecule has 0 aliphatic rings. The van der Waals surface area contributed by atoms with Crippen LogP contribution in [0.5, 0.6) is 0 Å².